The van der Waals surface area contributed by atoms with Gasteiger partial charge in [-0.1, -0.05) is 0 Å². The molecule has 3 nitrogen and oxygen atoms in total. The van der Waals surface area contributed by atoms with Crippen molar-refractivity contribution in [2.45, 2.75) is 19.8 Å². The lowest BCUT2D eigenvalue weighted by Gasteiger charge is -2.10. The molecule has 74 valence electrons. The Labute approximate surface area is 84.1 Å². The molecule has 0 amide bonds. The van der Waals surface area contributed by atoms with E-state index in [1.54, 1.807) is 6.07 Å². The Kier molecular flexibility index (Phi) is 3.35. The van der Waals surface area contributed by atoms with E-state index in [1.807, 2.05) is 26.0 Å². The molecule has 0 fully saturated rings. The Balaban J connectivity index is 3.03. The van der Waals surface area contributed by atoms with Gasteiger partial charge in [0.05, 0.1) is 18.6 Å². The van der Waals surface area contributed by atoms with Crippen molar-refractivity contribution >= 4 is 5.69 Å². The minimum atomic E-state index is -0.199. The first kappa shape index (κ1) is 10.4. The smallest absolute Gasteiger partial charge is 0.119 e. The number of hydrogen-bond donors (Lipinski definition) is 1. The van der Waals surface area contributed by atoms with E-state index in [0.29, 0.717) is 12.3 Å². The van der Waals surface area contributed by atoms with Crippen LogP contribution in [0.2, 0.25) is 0 Å². The third kappa shape index (κ3) is 2.17. The van der Waals surface area contributed by atoms with Gasteiger partial charge in [0.15, 0.2) is 0 Å². The molecule has 2 N–H and O–H groups in total. The van der Waals surface area contributed by atoms with Crippen molar-refractivity contribution in [2.75, 3.05) is 12.3 Å². The molecule has 1 unspecified atom stereocenters. The first-order chi connectivity index (χ1) is 6.69. The predicted octanol–water partition coefficient (Wildman–Crippen LogP) is 2.29. The van der Waals surface area contributed by atoms with Crippen molar-refractivity contribution in [2.24, 2.45) is 0 Å². The minimum absolute atomic E-state index is 0.199. The largest absolute Gasteiger partial charge is 0.494 e. The molecular formula is C11H14N2O. The third-order valence-corrected chi connectivity index (χ3v) is 2.03. The van der Waals surface area contributed by atoms with E-state index in [4.69, 9.17) is 15.7 Å². The zero-order chi connectivity index (χ0) is 10.6. The number of anilines is 1. The molecule has 0 spiro atoms. The molecule has 3 heteroatoms. The standard InChI is InChI=1S/C11H14N2O/c1-3-14-9-4-5-11(13)10(6-9)8(2)7-12/h4-6,8H,3,13H2,1-2H3. The molecule has 0 aliphatic rings. The van der Waals surface area contributed by atoms with E-state index in [9.17, 15) is 0 Å². The molecule has 0 radical (unpaired) electrons. The van der Waals surface area contributed by atoms with Gasteiger partial charge in [-0.3, -0.25) is 0 Å². The molecule has 1 aromatic carbocycles. The van der Waals surface area contributed by atoms with Crippen LogP contribution < -0.4 is 10.5 Å². The minimum Gasteiger partial charge on any atom is -0.494 e. The lowest BCUT2D eigenvalue weighted by Crippen LogP contribution is -1.99. The van der Waals surface area contributed by atoms with Gasteiger partial charge in [0.1, 0.15) is 5.75 Å². The monoisotopic (exact) mass is 190 g/mol. The van der Waals surface area contributed by atoms with Crippen molar-refractivity contribution in [3.8, 4) is 11.8 Å². The Morgan fingerprint density at radius 1 is 1.57 bits per heavy atom. The predicted molar refractivity (Wildman–Crippen MR) is 56.1 cm³/mol. The Bertz CT molecular complexity index is 355. The number of nitrogens with zero attached hydrogens (tertiary/aromatic N) is 1. The fourth-order valence-electron chi connectivity index (χ4n) is 1.25. The molecule has 0 bridgehead atoms. The summed E-state index contributed by atoms with van der Waals surface area (Å²) in [6.07, 6.45) is 0. The molecule has 1 aromatic rings. The SMILES string of the molecule is CCOc1ccc(N)c(C(C)C#N)c1. The number of rotatable bonds is 3. The zero-order valence-electron chi connectivity index (χ0n) is 8.45. The summed E-state index contributed by atoms with van der Waals surface area (Å²) < 4.78 is 5.33. The van der Waals surface area contributed by atoms with Gasteiger partial charge >= 0.3 is 0 Å². The summed E-state index contributed by atoms with van der Waals surface area (Å²) in [7, 11) is 0. The van der Waals surface area contributed by atoms with Crippen LogP contribution in [-0.4, -0.2) is 6.61 Å². The molecule has 0 heterocycles. The van der Waals surface area contributed by atoms with Crippen LogP contribution in [0.4, 0.5) is 5.69 Å². The highest BCUT2D eigenvalue weighted by Gasteiger charge is 2.08. The summed E-state index contributed by atoms with van der Waals surface area (Å²) in [5.74, 6) is 0.564. The van der Waals surface area contributed by atoms with Crippen LogP contribution in [0.5, 0.6) is 5.75 Å². The van der Waals surface area contributed by atoms with Gasteiger partial charge in [0.2, 0.25) is 0 Å². The van der Waals surface area contributed by atoms with Crippen molar-refractivity contribution < 1.29 is 4.74 Å². The van der Waals surface area contributed by atoms with Crippen LogP contribution in [0.15, 0.2) is 18.2 Å². The fraction of sp³-hybridized carbons (Fsp3) is 0.364. The third-order valence-electron chi connectivity index (χ3n) is 2.03. The van der Waals surface area contributed by atoms with E-state index in [0.717, 1.165) is 11.3 Å². The first-order valence-corrected chi connectivity index (χ1v) is 4.60. The summed E-state index contributed by atoms with van der Waals surface area (Å²) in [5.41, 5.74) is 7.23. The van der Waals surface area contributed by atoms with E-state index >= 15 is 0 Å². The number of nitrogens with two attached hydrogens (primary N) is 1. The highest BCUT2D eigenvalue weighted by Crippen LogP contribution is 2.26. The average molecular weight is 190 g/mol. The van der Waals surface area contributed by atoms with Crippen LogP contribution in [0.1, 0.15) is 25.3 Å². The Morgan fingerprint density at radius 3 is 2.86 bits per heavy atom. The molecule has 0 aliphatic carbocycles. The van der Waals surface area contributed by atoms with Crippen LogP contribution in [0.3, 0.4) is 0 Å². The van der Waals surface area contributed by atoms with Gasteiger partial charge in [-0.15, -0.1) is 0 Å². The zero-order valence-corrected chi connectivity index (χ0v) is 8.45. The van der Waals surface area contributed by atoms with E-state index in [-0.39, 0.29) is 5.92 Å². The van der Waals surface area contributed by atoms with Crippen LogP contribution >= 0.6 is 0 Å². The number of nitrogen functional groups attached to an aromatic ring is 1. The van der Waals surface area contributed by atoms with Crippen LogP contribution in [0, 0.1) is 11.3 Å². The van der Waals surface area contributed by atoms with Crippen molar-refractivity contribution in [3.63, 3.8) is 0 Å². The second kappa shape index (κ2) is 4.52. The van der Waals surface area contributed by atoms with Gasteiger partial charge in [-0.05, 0) is 37.6 Å². The number of benzene rings is 1. The highest BCUT2D eigenvalue weighted by molar-refractivity contribution is 5.53. The molecule has 1 rings (SSSR count). The lowest BCUT2D eigenvalue weighted by molar-refractivity contribution is 0.340. The molecule has 0 saturated carbocycles. The summed E-state index contributed by atoms with van der Waals surface area (Å²) in [6.45, 7) is 4.36. The normalized spacial score (nSPS) is 11.8. The molecule has 1 atom stereocenters. The number of nitriles is 1. The van der Waals surface area contributed by atoms with Gasteiger partial charge in [0.25, 0.3) is 0 Å². The van der Waals surface area contributed by atoms with Crippen LogP contribution in [0.25, 0.3) is 0 Å². The second-order valence-corrected chi connectivity index (χ2v) is 3.07. The highest BCUT2D eigenvalue weighted by atomic mass is 16.5. The number of ether oxygens (including phenoxy) is 1. The maximum Gasteiger partial charge on any atom is 0.119 e. The topological polar surface area (TPSA) is 59.0 Å². The first-order valence-electron chi connectivity index (χ1n) is 4.60. The molecule has 0 saturated heterocycles. The Morgan fingerprint density at radius 2 is 2.29 bits per heavy atom. The lowest BCUT2D eigenvalue weighted by atomic mass is 10.0. The maximum absolute atomic E-state index is 8.79. The van der Waals surface area contributed by atoms with Gasteiger partial charge in [0, 0.05) is 5.69 Å². The van der Waals surface area contributed by atoms with Crippen molar-refractivity contribution in [3.05, 3.63) is 23.8 Å². The molecule has 0 aromatic heterocycles. The summed E-state index contributed by atoms with van der Waals surface area (Å²) in [5, 5.41) is 8.79. The fourth-order valence-corrected chi connectivity index (χ4v) is 1.25. The maximum atomic E-state index is 8.79. The summed E-state index contributed by atoms with van der Waals surface area (Å²) >= 11 is 0. The molecular weight excluding hydrogens is 176 g/mol. The Hall–Kier alpha value is -1.69. The van der Waals surface area contributed by atoms with E-state index in [2.05, 4.69) is 6.07 Å². The number of hydrogen-bond acceptors (Lipinski definition) is 3. The second-order valence-electron chi connectivity index (χ2n) is 3.07. The van der Waals surface area contributed by atoms with Crippen molar-refractivity contribution in [1.29, 1.82) is 5.26 Å². The van der Waals surface area contributed by atoms with Crippen LogP contribution in [-0.2, 0) is 0 Å². The molecule has 0 aliphatic heterocycles. The quantitative estimate of drug-likeness (QED) is 0.744. The summed E-state index contributed by atoms with van der Waals surface area (Å²) in [4.78, 5) is 0. The van der Waals surface area contributed by atoms with Crippen molar-refractivity contribution in [1.82, 2.24) is 0 Å². The average Bonchev–Trinajstić information content (AvgIpc) is 2.20. The van der Waals surface area contributed by atoms with E-state index < -0.39 is 0 Å². The van der Waals surface area contributed by atoms with E-state index in [1.165, 1.54) is 0 Å². The van der Waals surface area contributed by atoms with Gasteiger partial charge in [-0.2, -0.15) is 5.26 Å². The molecule has 14 heavy (non-hydrogen) atoms. The van der Waals surface area contributed by atoms with Gasteiger partial charge < -0.3 is 10.5 Å². The summed E-state index contributed by atoms with van der Waals surface area (Å²) in [6, 6.07) is 7.57. The van der Waals surface area contributed by atoms with Gasteiger partial charge in [-0.25, -0.2) is 0 Å².